The molecule has 3 rings (SSSR count). The minimum Gasteiger partial charge on any atom is -0.462 e. The fourth-order valence-corrected chi connectivity index (χ4v) is 4.00. The van der Waals surface area contributed by atoms with Gasteiger partial charge in [0.1, 0.15) is 0 Å². The Hall–Kier alpha value is -2.92. The van der Waals surface area contributed by atoms with Gasteiger partial charge < -0.3 is 10.1 Å². The average Bonchev–Trinajstić information content (AvgIpc) is 3.18. The van der Waals surface area contributed by atoms with Gasteiger partial charge in [-0.05, 0) is 53.8 Å². The number of amides is 1. The summed E-state index contributed by atoms with van der Waals surface area (Å²) in [5.74, 6) is -0.214. The molecule has 29 heavy (non-hydrogen) atoms. The molecule has 1 N–H and O–H groups in total. The Labute approximate surface area is 175 Å². The topological polar surface area (TPSA) is 55.4 Å². The van der Waals surface area contributed by atoms with Crippen LogP contribution < -0.4 is 5.32 Å². The molecule has 0 aliphatic rings. The lowest BCUT2D eigenvalue weighted by molar-refractivity contribution is 0.0459. The number of ether oxygens (including phenoxy) is 1. The lowest BCUT2D eigenvalue weighted by Gasteiger charge is -2.08. The van der Waals surface area contributed by atoms with Crippen molar-refractivity contribution in [2.24, 2.45) is 5.92 Å². The molecule has 5 heteroatoms. The number of hydrogen-bond donors (Lipinski definition) is 1. The molecule has 0 aliphatic carbocycles. The van der Waals surface area contributed by atoms with E-state index in [4.69, 9.17) is 4.74 Å². The van der Waals surface area contributed by atoms with Gasteiger partial charge in [0.05, 0.1) is 17.0 Å². The van der Waals surface area contributed by atoms with E-state index in [0.29, 0.717) is 22.7 Å². The lowest BCUT2D eigenvalue weighted by atomic mass is 10.1. The smallest absolute Gasteiger partial charge is 0.338 e. The summed E-state index contributed by atoms with van der Waals surface area (Å²) in [5, 5.41) is 2.91. The molecule has 3 aromatic rings. The number of carbonyl (C=O) groups is 2. The summed E-state index contributed by atoms with van der Waals surface area (Å²) in [6, 6.07) is 18.8. The SMILES string of the molecule is CCc1cc(C(=O)Nc2ccc(C(=O)OCC(C)C)cc2)sc1-c1ccccc1. The highest BCUT2D eigenvalue weighted by Gasteiger charge is 2.16. The molecular weight excluding hydrogens is 382 g/mol. The fraction of sp³-hybridized carbons (Fsp3) is 0.250. The van der Waals surface area contributed by atoms with Crippen molar-refractivity contribution in [3.8, 4) is 10.4 Å². The van der Waals surface area contributed by atoms with Crippen LogP contribution in [0.4, 0.5) is 5.69 Å². The minimum absolute atomic E-state index is 0.151. The first-order valence-corrected chi connectivity index (χ1v) is 10.6. The van der Waals surface area contributed by atoms with Crippen molar-refractivity contribution < 1.29 is 14.3 Å². The minimum atomic E-state index is -0.352. The Bertz CT molecular complexity index is 975. The van der Waals surface area contributed by atoms with Gasteiger partial charge in [-0.1, -0.05) is 51.1 Å². The van der Waals surface area contributed by atoms with Crippen molar-refractivity contribution in [3.63, 3.8) is 0 Å². The maximum absolute atomic E-state index is 12.7. The first-order valence-electron chi connectivity index (χ1n) is 9.74. The van der Waals surface area contributed by atoms with Crippen LogP contribution in [0.15, 0.2) is 60.7 Å². The molecule has 0 bridgehead atoms. The van der Waals surface area contributed by atoms with E-state index in [1.807, 2.05) is 38.1 Å². The molecule has 1 aromatic heterocycles. The van der Waals surface area contributed by atoms with Gasteiger partial charge in [-0.3, -0.25) is 4.79 Å². The zero-order chi connectivity index (χ0) is 20.8. The number of hydrogen-bond acceptors (Lipinski definition) is 4. The van der Waals surface area contributed by atoms with Gasteiger partial charge >= 0.3 is 5.97 Å². The number of benzene rings is 2. The second-order valence-corrected chi connectivity index (χ2v) is 8.26. The van der Waals surface area contributed by atoms with E-state index in [-0.39, 0.29) is 17.8 Å². The van der Waals surface area contributed by atoms with Gasteiger partial charge in [-0.2, -0.15) is 0 Å². The molecule has 1 heterocycles. The van der Waals surface area contributed by atoms with E-state index >= 15 is 0 Å². The fourth-order valence-electron chi connectivity index (χ4n) is 2.85. The van der Waals surface area contributed by atoms with Crippen molar-refractivity contribution in [1.82, 2.24) is 0 Å². The van der Waals surface area contributed by atoms with Crippen LogP contribution in [0.2, 0.25) is 0 Å². The number of aryl methyl sites for hydroxylation is 1. The molecule has 0 fully saturated rings. The molecule has 0 atom stereocenters. The first-order chi connectivity index (χ1) is 14.0. The number of thiophene rings is 1. The van der Waals surface area contributed by atoms with Gasteiger partial charge in [-0.15, -0.1) is 11.3 Å². The summed E-state index contributed by atoms with van der Waals surface area (Å²) >= 11 is 1.50. The standard InChI is InChI=1S/C24H25NO3S/c1-4-17-14-21(29-22(17)18-8-6-5-7-9-18)23(26)25-20-12-10-19(11-13-20)24(27)28-15-16(2)3/h5-14,16H,4,15H2,1-3H3,(H,25,26). The Morgan fingerprint density at radius 1 is 1.03 bits per heavy atom. The Balaban J connectivity index is 1.70. The summed E-state index contributed by atoms with van der Waals surface area (Å²) in [6.07, 6.45) is 0.862. The summed E-state index contributed by atoms with van der Waals surface area (Å²) in [4.78, 5) is 26.5. The number of anilines is 1. The van der Waals surface area contributed by atoms with Gasteiger partial charge in [0.2, 0.25) is 0 Å². The third kappa shape index (κ3) is 5.33. The van der Waals surface area contributed by atoms with Crippen molar-refractivity contribution in [1.29, 1.82) is 0 Å². The monoisotopic (exact) mass is 407 g/mol. The van der Waals surface area contributed by atoms with Gasteiger partial charge in [0.25, 0.3) is 5.91 Å². The highest BCUT2D eigenvalue weighted by Crippen LogP contribution is 2.33. The molecule has 0 radical (unpaired) electrons. The normalized spacial score (nSPS) is 10.8. The summed E-state index contributed by atoms with van der Waals surface area (Å²) in [5.41, 5.74) is 3.40. The number of rotatable bonds is 7. The first kappa shape index (κ1) is 20.8. The van der Waals surface area contributed by atoms with Crippen molar-refractivity contribution in [3.05, 3.63) is 76.7 Å². The Morgan fingerprint density at radius 2 is 1.72 bits per heavy atom. The predicted octanol–water partition coefficient (Wildman–Crippen LogP) is 6.04. The lowest BCUT2D eigenvalue weighted by Crippen LogP contribution is -2.12. The van der Waals surface area contributed by atoms with E-state index < -0.39 is 0 Å². The highest BCUT2D eigenvalue weighted by molar-refractivity contribution is 7.17. The van der Waals surface area contributed by atoms with E-state index in [2.05, 4.69) is 24.4 Å². The van der Waals surface area contributed by atoms with Crippen LogP contribution >= 0.6 is 11.3 Å². The number of esters is 1. The van der Waals surface area contributed by atoms with Crippen LogP contribution in [0.5, 0.6) is 0 Å². The number of nitrogens with one attached hydrogen (secondary N) is 1. The van der Waals surface area contributed by atoms with E-state index in [9.17, 15) is 9.59 Å². The van der Waals surface area contributed by atoms with Crippen molar-refractivity contribution in [2.45, 2.75) is 27.2 Å². The van der Waals surface area contributed by atoms with Crippen LogP contribution in [0.3, 0.4) is 0 Å². The summed E-state index contributed by atoms with van der Waals surface area (Å²) < 4.78 is 5.23. The molecule has 0 aliphatic heterocycles. The Kier molecular flexibility index (Phi) is 6.83. The second kappa shape index (κ2) is 9.52. The molecule has 0 unspecified atom stereocenters. The quantitative estimate of drug-likeness (QED) is 0.486. The van der Waals surface area contributed by atoms with Crippen LogP contribution in [-0.4, -0.2) is 18.5 Å². The molecule has 0 saturated carbocycles. The third-order valence-electron chi connectivity index (χ3n) is 4.38. The third-order valence-corrected chi connectivity index (χ3v) is 5.60. The molecule has 0 saturated heterocycles. The predicted molar refractivity (Wildman–Crippen MR) is 119 cm³/mol. The van der Waals surface area contributed by atoms with Crippen LogP contribution in [0, 0.1) is 5.92 Å². The highest BCUT2D eigenvalue weighted by atomic mass is 32.1. The van der Waals surface area contributed by atoms with Gasteiger partial charge in [-0.25, -0.2) is 4.79 Å². The van der Waals surface area contributed by atoms with E-state index in [1.54, 1.807) is 24.3 Å². The van der Waals surface area contributed by atoms with Crippen LogP contribution in [0.25, 0.3) is 10.4 Å². The Morgan fingerprint density at radius 3 is 2.34 bits per heavy atom. The largest absolute Gasteiger partial charge is 0.462 e. The maximum atomic E-state index is 12.7. The summed E-state index contributed by atoms with van der Waals surface area (Å²) in [7, 11) is 0. The van der Waals surface area contributed by atoms with Gasteiger partial charge in [0, 0.05) is 10.6 Å². The van der Waals surface area contributed by atoms with Crippen molar-refractivity contribution in [2.75, 3.05) is 11.9 Å². The van der Waals surface area contributed by atoms with Crippen molar-refractivity contribution >= 4 is 28.9 Å². The van der Waals surface area contributed by atoms with Gasteiger partial charge in [0.15, 0.2) is 0 Å². The maximum Gasteiger partial charge on any atom is 0.338 e. The summed E-state index contributed by atoms with van der Waals surface area (Å²) in [6.45, 7) is 6.46. The molecular formula is C24H25NO3S. The molecule has 1 amide bonds. The van der Waals surface area contributed by atoms with Crippen LogP contribution in [-0.2, 0) is 11.2 Å². The average molecular weight is 408 g/mol. The zero-order valence-electron chi connectivity index (χ0n) is 16.9. The van der Waals surface area contributed by atoms with Crippen LogP contribution in [0.1, 0.15) is 46.4 Å². The second-order valence-electron chi connectivity index (χ2n) is 7.21. The van der Waals surface area contributed by atoms with E-state index in [0.717, 1.165) is 22.4 Å². The van der Waals surface area contributed by atoms with E-state index in [1.165, 1.54) is 11.3 Å². The molecule has 0 spiro atoms. The zero-order valence-corrected chi connectivity index (χ0v) is 17.7. The number of carbonyl (C=O) groups excluding carboxylic acids is 2. The molecule has 2 aromatic carbocycles. The molecule has 150 valence electrons. The molecule has 4 nitrogen and oxygen atoms in total.